The van der Waals surface area contributed by atoms with Gasteiger partial charge in [0, 0.05) is 24.2 Å². The Hall–Kier alpha value is -3.18. The van der Waals surface area contributed by atoms with Crippen LogP contribution in [-0.4, -0.2) is 62.4 Å². The van der Waals surface area contributed by atoms with Gasteiger partial charge in [0.25, 0.3) is 0 Å². The Morgan fingerprint density at radius 2 is 1.75 bits per heavy atom. The SMILES string of the molecule is C=CCOc1c(OC)c(OC)cc2c1-c1c(cc3c(c1OCOC)OCO3)[C@H](O)[C@H](C)[C@](C)(O)[C@H]2O. The molecule has 196 valence electrons. The fourth-order valence-corrected chi connectivity index (χ4v) is 4.66. The molecule has 2 aromatic carbocycles. The van der Waals surface area contributed by atoms with Gasteiger partial charge in [0.1, 0.15) is 12.7 Å². The van der Waals surface area contributed by atoms with E-state index in [0.717, 1.165) is 0 Å². The lowest BCUT2D eigenvalue weighted by Crippen LogP contribution is -2.43. The molecule has 0 amide bonds. The molecule has 1 aliphatic carbocycles. The molecule has 36 heavy (non-hydrogen) atoms. The molecule has 10 heteroatoms. The number of ether oxygens (including phenoxy) is 7. The van der Waals surface area contributed by atoms with Gasteiger partial charge in [-0.3, -0.25) is 0 Å². The maximum Gasteiger partial charge on any atom is 0.231 e. The van der Waals surface area contributed by atoms with E-state index in [1.165, 1.54) is 28.3 Å². The van der Waals surface area contributed by atoms with E-state index in [1.807, 2.05) is 0 Å². The van der Waals surface area contributed by atoms with E-state index in [4.69, 9.17) is 33.2 Å². The highest BCUT2D eigenvalue weighted by Crippen LogP contribution is 2.60. The summed E-state index contributed by atoms with van der Waals surface area (Å²) in [7, 11) is 4.39. The maximum atomic E-state index is 11.5. The van der Waals surface area contributed by atoms with Crippen molar-refractivity contribution in [3.05, 3.63) is 35.9 Å². The van der Waals surface area contributed by atoms with E-state index in [-0.39, 0.29) is 48.8 Å². The van der Waals surface area contributed by atoms with E-state index in [0.29, 0.717) is 28.2 Å². The van der Waals surface area contributed by atoms with Crippen LogP contribution in [0, 0.1) is 5.92 Å². The Morgan fingerprint density at radius 3 is 2.39 bits per heavy atom. The van der Waals surface area contributed by atoms with Crippen LogP contribution in [0.3, 0.4) is 0 Å². The van der Waals surface area contributed by atoms with Crippen LogP contribution < -0.4 is 28.4 Å². The second-order valence-electron chi connectivity index (χ2n) is 8.82. The van der Waals surface area contributed by atoms with Crippen molar-refractivity contribution in [1.29, 1.82) is 0 Å². The smallest absolute Gasteiger partial charge is 0.231 e. The molecule has 2 aromatic rings. The normalized spacial score (nSPS) is 24.2. The van der Waals surface area contributed by atoms with Gasteiger partial charge in [0.05, 0.1) is 25.9 Å². The van der Waals surface area contributed by atoms with Crippen LogP contribution in [0.1, 0.15) is 37.2 Å². The number of methoxy groups -OCH3 is 3. The number of aliphatic hydroxyl groups excluding tert-OH is 2. The molecule has 1 heterocycles. The Labute approximate surface area is 209 Å². The monoisotopic (exact) mass is 504 g/mol. The zero-order chi connectivity index (χ0) is 26.2. The molecular weight excluding hydrogens is 472 g/mol. The first-order valence-corrected chi connectivity index (χ1v) is 11.4. The molecule has 4 atom stereocenters. The van der Waals surface area contributed by atoms with Crippen LogP contribution in [0.15, 0.2) is 24.8 Å². The fourth-order valence-electron chi connectivity index (χ4n) is 4.66. The van der Waals surface area contributed by atoms with Gasteiger partial charge in [-0.2, -0.15) is 0 Å². The topological polar surface area (TPSA) is 125 Å². The molecule has 3 N–H and O–H groups in total. The van der Waals surface area contributed by atoms with Crippen molar-refractivity contribution in [2.24, 2.45) is 5.92 Å². The third-order valence-corrected chi connectivity index (χ3v) is 6.79. The Kier molecular flexibility index (Phi) is 7.24. The highest BCUT2D eigenvalue weighted by Gasteiger charge is 2.47. The predicted octanol–water partition coefficient (Wildman–Crippen LogP) is 3.11. The van der Waals surface area contributed by atoms with Crippen LogP contribution >= 0.6 is 0 Å². The third-order valence-electron chi connectivity index (χ3n) is 6.79. The van der Waals surface area contributed by atoms with E-state index in [9.17, 15) is 15.3 Å². The summed E-state index contributed by atoms with van der Waals surface area (Å²) in [4.78, 5) is 0. The summed E-state index contributed by atoms with van der Waals surface area (Å²) in [5.74, 6) is 0.797. The van der Waals surface area contributed by atoms with Crippen molar-refractivity contribution < 1.29 is 48.5 Å². The van der Waals surface area contributed by atoms with E-state index < -0.39 is 23.7 Å². The number of benzene rings is 2. The quantitative estimate of drug-likeness (QED) is 0.365. The Bertz CT molecular complexity index is 1140. The molecule has 0 radical (unpaired) electrons. The number of hydrogen-bond donors (Lipinski definition) is 3. The van der Waals surface area contributed by atoms with Gasteiger partial charge in [0.15, 0.2) is 29.8 Å². The summed E-state index contributed by atoms with van der Waals surface area (Å²) in [5, 5.41) is 34.5. The minimum atomic E-state index is -1.76. The Balaban J connectivity index is 2.21. The van der Waals surface area contributed by atoms with E-state index >= 15 is 0 Å². The number of rotatable bonds is 8. The molecule has 2 aliphatic rings. The molecule has 1 aliphatic heterocycles. The fraction of sp³-hybridized carbons (Fsp3) is 0.462. The van der Waals surface area contributed by atoms with Crippen molar-refractivity contribution in [2.75, 3.05) is 41.5 Å². The average Bonchev–Trinajstić information content (AvgIpc) is 3.35. The standard InChI is InChI=1S/C26H32O10/c1-7-8-33-23-19-15(10-16(31-5)21(23)32-6)25(28)26(3,29)13(2)20(27)14-9-17-22(36-12-34-17)24(18(14)19)35-11-30-4/h7,9-10,13,20,25,27-29H,1,8,11-12H2,2-6H3/t13-,20+,25-,26-/m0/s1. The summed E-state index contributed by atoms with van der Waals surface area (Å²) in [6.07, 6.45) is -1.14. The molecule has 0 saturated heterocycles. The predicted molar refractivity (Wildman–Crippen MR) is 129 cm³/mol. The largest absolute Gasteiger partial charge is 0.493 e. The minimum Gasteiger partial charge on any atom is -0.493 e. The average molecular weight is 505 g/mol. The van der Waals surface area contributed by atoms with E-state index in [1.54, 1.807) is 25.1 Å². The van der Waals surface area contributed by atoms with Crippen LogP contribution in [0.2, 0.25) is 0 Å². The summed E-state index contributed by atoms with van der Waals surface area (Å²) >= 11 is 0. The first kappa shape index (κ1) is 25.9. The highest BCUT2D eigenvalue weighted by atomic mass is 16.7. The summed E-state index contributed by atoms with van der Waals surface area (Å²) in [6.45, 7) is 6.75. The lowest BCUT2D eigenvalue weighted by atomic mass is 9.72. The molecular formula is C26H32O10. The zero-order valence-electron chi connectivity index (χ0n) is 21.0. The number of hydrogen-bond acceptors (Lipinski definition) is 10. The summed E-state index contributed by atoms with van der Waals surface area (Å²) < 4.78 is 39.8. The Morgan fingerprint density at radius 1 is 1.03 bits per heavy atom. The molecule has 0 aromatic heterocycles. The molecule has 0 spiro atoms. The first-order chi connectivity index (χ1) is 17.2. The number of fused-ring (bicyclic) bond motifs is 4. The third kappa shape index (κ3) is 4.00. The molecule has 10 nitrogen and oxygen atoms in total. The van der Waals surface area contributed by atoms with Crippen molar-refractivity contribution in [1.82, 2.24) is 0 Å². The van der Waals surface area contributed by atoms with Crippen molar-refractivity contribution in [3.8, 4) is 45.6 Å². The van der Waals surface area contributed by atoms with Crippen molar-refractivity contribution >= 4 is 0 Å². The van der Waals surface area contributed by atoms with Crippen molar-refractivity contribution in [2.45, 2.75) is 31.7 Å². The van der Waals surface area contributed by atoms with Crippen LogP contribution in [-0.2, 0) is 4.74 Å². The second-order valence-corrected chi connectivity index (χ2v) is 8.82. The molecule has 0 fully saturated rings. The van der Waals surface area contributed by atoms with Gasteiger partial charge >= 0.3 is 0 Å². The molecule has 0 unspecified atom stereocenters. The van der Waals surface area contributed by atoms with Gasteiger partial charge in [-0.25, -0.2) is 0 Å². The minimum absolute atomic E-state index is 0.0494. The first-order valence-electron chi connectivity index (χ1n) is 11.4. The lowest BCUT2D eigenvalue weighted by molar-refractivity contribution is -0.129. The summed E-state index contributed by atoms with van der Waals surface area (Å²) in [6, 6.07) is 3.22. The summed E-state index contributed by atoms with van der Waals surface area (Å²) in [5.41, 5.74) is -0.405. The van der Waals surface area contributed by atoms with Gasteiger partial charge < -0.3 is 48.5 Å². The van der Waals surface area contributed by atoms with Crippen molar-refractivity contribution in [3.63, 3.8) is 0 Å². The van der Waals surface area contributed by atoms with Gasteiger partial charge in [0.2, 0.25) is 18.3 Å². The van der Waals surface area contributed by atoms with Gasteiger partial charge in [-0.05, 0) is 30.2 Å². The second kappa shape index (κ2) is 10.1. The lowest BCUT2D eigenvalue weighted by Gasteiger charge is -2.41. The van der Waals surface area contributed by atoms with Crippen LogP contribution in [0.5, 0.6) is 34.5 Å². The molecule has 0 bridgehead atoms. The van der Waals surface area contributed by atoms with Gasteiger partial charge in [-0.15, -0.1) is 0 Å². The molecule has 0 saturated carbocycles. The maximum absolute atomic E-state index is 11.5. The van der Waals surface area contributed by atoms with Gasteiger partial charge in [-0.1, -0.05) is 19.6 Å². The van der Waals surface area contributed by atoms with Crippen LogP contribution in [0.4, 0.5) is 0 Å². The zero-order valence-corrected chi connectivity index (χ0v) is 21.0. The van der Waals surface area contributed by atoms with E-state index in [2.05, 4.69) is 6.58 Å². The van der Waals surface area contributed by atoms with Crippen LogP contribution in [0.25, 0.3) is 11.1 Å². The molecule has 4 rings (SSSR count). The highest BCUT2D eigenvalue weighted by molar-refractivity contribution is 5.89. The number of aliphatic hydroxyl groups is 3.